The Kier molecular flexibility index (Phi) is 5.12. The van der Waals surface area contributed by atoms with Gasteiger partial charge in [-0.1, -0.05) is 41.4 Å². The minimum atomic E-state index is 0.0136. The van der Waals surface area contributed by atoms with E-state index in [9.17, 15) is 0 Å². The van der Waals surface area contributed by atoms with E-state index in [1.165, 1.54) is 0 Å². The summed E-state index contributed by atoms with van der Waals surface area (Å²) in [4.78, 5) is 0. The van der Waals surface area contributed by atoms with Gasteiger partial charge in [0, 0.05) is 5.56 Å². The second-order valence-electron chi connectivity index (χ2n) is 5.29. The molecule has 0 fully saturated rings. The zero-order valence-electron chi connectivity index (χ0n) is 13.4. The van der Waals surface area contributed by atoms with Gasteiger partial charge in [-0.05, 0) is 42.8 Å². The van der Waals surface area contributed by atoms with Gasteiger partial charge in [0.25, 0.3) is 5.89 Å². The summed E-state index contributed by atoms with van der Waals surface area (Å²) in [7, 11) is 0. The molecular weight excluding hydrogens is 338 g/mol. The molecule has 0 spiro atoms. The smallest absolute Gasteiger partial charge is 0.259 e. The largest absolute Gasteiger partial charge is 0.479 e. The molecule has 0 saturated heterocycles. The van der Waals surface area contributed by atoms with Gasteiger partial charge >= 0.3 is 0 Å². The van der Waals surface area contributed by atoms with Crippen molar-refractivity contribution in [2.75, 3.05) is 6.61 Å². The van der Waals surface area contributed by atoms with Gasteiger partial charge in [0.15, 0.2) is 6.61 Å². The molecule has 1 heterocycles. The lowest BCUT2D eigenvalue weighted by Crippen LogP contribution is -1.92. The van der Waals surface area contributed by atoms with E-state index < -0.39 is 0 Å². The standard InChI is InChI=1S/C19H14ClN3O2/c1-13-3-2-4-15(11-13)18-22-23-19(25-18)17(20)12-14-5-7-16(8-6-14)24-10-9-21/h2-8,11-12H,10H2,1H3/b17-12-. The zero-order chi connectivity index (χ0) is 17.6. The van der Waals surface area contributed by atoms with Gasteiger partial charge in [-0.2, -0.15) is 5.26 Å². The minimum absolute atomic E-state index is 0.0136. The molecule has 5 nitrogen and oxygen atoms in total. The van der Waals surface area contributed by atoms with E-state index in [0.717, 1.165) is 16.7 Å². The molecule has 0 aliphatic heterocycles. The monoisotopic (exact) mass is 351 g/mol. The average Bonchev–Trinajstić information content (AvgIpc) is 3.11. The molecule has 2 aromatic carbocycles. The van der Waals surface area contributed by atoms with E-state index in [1.807, 2.05) is 49.4 Å². The van der Waals surface area contributed by atoms with Crippen molar-refractivity contribution in [2.24, 2.45) is 0 Å². The Bertz CT molecular complexity index is 940. The average molecular weight is 352 g/mol. The number of nitrogens with zero attached hydrogens (tertiary/aromatic N) is 3. The van der Waals surface area contributed by atoms with E-state index in [-0.39, 0.29) is 12.5 Å². The van der Waals surface area contributed by atoms with Crippen LogP contribution in [-0.4, -0.2) is 16.8 Å². The van der Waals surface area contributed by atoms with E-state index >= 15 is 0 Å². The van der Waals surface area contributed by atoms with Crippen molar-refractivity contribution in [2.45, 2.75) is 6.92 Å². The molecule has 0 radical (unpaired) electrons. The SMILES string of the molecule is Cc1cccc(-c2nnc(/C(Cl)=C/c3ccc(OCC#N)cc3)o2)c1. The molecule has 0 bridgehead atoms. The Balaban J connectivity index is 1.78. The lowest BCUT2D eigenvalue weighted by Gasteiger charge is -2.01. The second kappa shape index (κ2) is 7.65. The highest BCUT2D eigenvalue weighted by molar-refractivity contribution is 6.50. The third-order valence-electron chi connectivity index (χ3n) is 3.37. The first-order valence-corrected chi connectivity index (χ1v) is 7.91. The molecule has 25 heavy (non-hydrogen) atoms. The molecule has 124 valence electrons. The van der Waals surface area contributed by atoms with Crippen LogP contribution in [0.2, 0.25) is 0 Å². The van der Waals surface area contributed by atoms with Crippen molar-refractivity contribution >= 4 is 22.7 Å². The Labute approximate surface area is 150 Å². The van der Waals surface area contributed by atoms with Crippen LogP contribution in [-0.2, 0) is 0 Å². The number of aryl methyl sites for hydroxylation is 1. The van der Waals surface area contributed by atoms with Crippen LogP contribution < -0.4 is 4.74 Å². The summed E-state index contributed by atoms with van der Waals surface area (Å²) in [5, 5.41) is 16.9. The molecule has 0 aliphatic carbocycles. The molecule has 0 N–H and O–H groups in total. The van der Waals surface area contributed by atoms with Crippen molar-refractivity contribution in [3.63, 3.8) is 0 Å². The normalized spacial score (nSPS) is 11.2. The molecular formula is C19H14ClN3O2. The number of hydrogen-bond acceptors (Lipinski definition) is 5. The molecule has 0 atom stereocenters. The molecule has 0 unspecified atom stereocenters. The predicted octanol–water partition coefficient (Wildman–Crippen LogP) is 4.68. The van der Waals surface area contributed by atoms with E-state index in [0.29, 0.717) is 16.7 Å². The second-order valence-corrected chi connectivity index (χ2v) is 5.70. The topological polar surface area (TPSA) is 71.9 Å². The van der Waals surface area contributed by atoms with Crippen LogP contribution in [0.5, 0.6) is 5.75 Å². The third kappa shape index (κ3) is 4.25. The Morgan fingerprint density at radius 2 is 2.04 bits per heavy atom. The Hall–Kier alpha value is -3.10. The molecule has 0 saturated carbocycles. The fourth-order valence-electron chi connectivity index (χ4n) is 2.20. The highest BCUT2D eigenvalue weighted by Gasteiger charge is 2.11. The van der Waals surface area contributed by atoms with Gasteiger partial charge in [0.2, 0.25) is 5.89 Å². The highest BCUT2D eigenvalue weighted by Crippen LogP contribution is 2.26. The maximum Gasteiger partial charge on any atom is 0.259 e. The summed E-state index contributed by atoms with van der Waals surface area (Å²) in [6.45, 7) is 2.01. The molecule has 0 aliphatic rings. The highest BCUT2D eigenvalue weighted by atomic mass is 35.5. The number of nitriles is 1. The van der Waals surface area contributed by atoms with Gasteiger partial charge in [-0.25, -0.2) is 0 Å². The molecule has 3 rings (SSSR count). The van der Waals surface area contributed by atoms with Crippen molar-refractivity contribution < 1.29 is 9.15 Å². The molecule has 1 aromatic heterocycles. The van der Waals surface area contributed by atoms with Crippen LogP contribution in [0.4, 0.5) is 0 Å². The van der Waals surface area contributed by atoms with Gasteiger partial charge in [0.1, 0.15) is 16.9 Å². The summed E-state index contributed by atoms with van der Waals surface area (Å²) in [6, 6.07) is 16.9. The number of hydrogen-bond donors (Lipinski definition) is 0. The minimum Gasteiger partial charge on any atom is -0.479 e. The van der Waals surface area contributed by atoms with E-state index in [2.05, 4.69) is 10.2 Å². The fraction of sp³-hybridized carbons (Fsp3) is 0.105. The summed E-state index contributed by atoms with van der Waals surface area (Å²) in [5.74, 6) is 1.29. The van der Waals surface area contributed by atoms with Crippen molar-refractivity contribution in [3.05, 3.63) is 65.5 Å². The summed E-state index contributed by atoms with van der Waals surface area (Å²) >= 11 is 6.29. The number of halogens is 1. The van der Waals surface area contributed by atoms with Gasteiger partial charge in [0.05, 0.1) is 0 Å². The van der Waals surface area contributed by atoms with Crippen molar-refractivity contribution in [3.8, 4) is 23.3 Å². The number of aromatic nitrogens is 2. The van der Waals surface area contributed by atoms with Crippen LogP contribution in [0.3, 0.4) is 0 Å². The summed E-state index contributed by atoms with van der Waals surface area (Å²) in [5.41, 5.74) is 2.81. The van der Waals surface area contributed by atoms with Crippen molar-refractivity contribution in [1.82, 2.24) is 10.2 Å². The quantitative estimate of drug-likeness (QED) is 0.667. The Morgan fingerprint density at radius 3 is 2.76 bits per heavy atom. The van der Waals surface area contributed by atoms with Gasteiger partial charge in [-0.15, -0.1) is 10.2 Å². The maximum absolute atomic E-state index is 8.50. The lowest BCUT2D eigenvalue weighted by molar-refractivity contribution is 0.368. The maximum atomic E-state index is 8.50. The molecule has 3 aromatic rings. The van der Waals surface area contributed by atoms with E-state index in [1.54, 1.807) is 18.2 Å². The van der Waals surface area contributed by atoms with Crippen LogP contribution in [0.25, 0.3) is 22.6 Å². The van der Waals surface area contributed by atoms with Crippen molar-refractivity contribution in [1.29, 1.82) is 5.26 Å². The first kappa shape index (κ1) is 16.7. The first-order valence-electron chi connectivity index (χ1n) is 7.53. The number of ether oxygens (including phenoxy) is 1. The van der Waals surface area contributed by atoms with Gasteiger partial charge in [-0.3, -0.25) is 0 Å². The number of rotatable bonds is 5. The first-order chi connectivity index (χ1) is 12.2. The molecule has 0 amide bonds. The van der Waals surface area contributed by atoms with Crippen LogP contribution in [0.15, 0.2) is 52.9 Å². The lowest BCUT2D eigenvalue weighted by atomic mass is 10.1. The van der Waals surface area contributed by atoms with Gasteiger partial charge < -0.3 is 9.15 Å². The summed E-state index contributed by atoms with van der Waals surface area (Å²) in [6.07, 6.45) is 1.73. The Morgan fingerprint density at radius 1 is 1.24 bits per heavy atom. The predicted molar refractivity (Wildman–Crippen MR) is 95.7 cm³/mol. The number of benzene rings is 2. The fourth-order valence-corrected chi connectivity index (χ4v) is 2.40. The zero-order valence-corrected chi connectivity index (χ0v) is 14.2. The summed E-state index contributed by atoms with van der Waals surface area (Å²) < 4.78 is 10.9. The van der Waals surface area contributed by atoms with E-state index in [4.69, 9.17) is 26.0 Å². The third-order valence-corrected chi connectivity index (χ3v) is 3.64. The van der Waals surface area contributed by atoms with Crippen LogP contribution in [0, 0.1) is 18.3 Å². The van der Waals surface area contributed by atoms with Crippen LogP contribution >= 0.6 is 11.6 Å². The van der Waals surface area contributed by atoms with Crippen LogP contribution in [0.1, 0.15) is 17.0 Å². The molecule has 6 heteroatoms.